The van der Waals surface area contributed by atoms with Crippen LogP contribution in [-0.4, -0.2) is 63.2 Å². The standard InChI is InChI=1S/C18H21N7O/c19-16-15-17(21-11-20-15)23-18(22-16)25-9-13-14(10-25)26-7-6-24(13)8-12-4-2-1-3-5-12/h1-5,11,13-14H,6-10H2,(H3,19,20,21,22,23)/t13-,14+/m1/s1. The number of aromatic amines is 1. The van der Waals surface area contributed by atoms with Crippen LogP contribution in [0.25, 0.3) is 11.2 Å². The molecule has 0 radical (unpaired) electrons. The number of fused-ring (bicyclic) bond motifs is 2. The first kappa shape index (κ1) is 15.5. The minimum atomic E-state index is 0.159. The lowest BCUT2D eigenvalue weighted by molar-refractivity contribution is -0.0499. The number of H-pyrrole nitrogens is 1. The van der Waals surface area contributed by atoms with Crippen LogP contribution in [0.2, 0.25) is 0 Å². The third-order valence-electron chi connectivity index (χ3n) is 5.23. The van der Waals surface area contributed by atoms with Gasteiger partial charge in [0.2, 0.25) is 5.95 Å². The summed E-state index contributed by atoms with van der Waals surface area (Å²) < 4.78 is 6.03. The van der Waals surface area contributed by atoms with Crippen LogP contribution < -0.4 is 10.6 Å². The van der Waals surface area contributed by atoms with E-state index < -0.39 is 0 Å². The zero-order valence-corrected chi connectivity index (χ0v) is 14.4. The molecular formula is C18H21N7O. The molecule has 3 N–H and O–H groups in total. The van der Waals surface area contributed by atoms with Gasteiger partial charge in [-0.05, 0) is 5.56 Å². The Morgan fingerprint density at radius 1 is 1.19 bits per heavy atom. The second-order valence-electron chi connectivity index (χ2n) is 6.85. The van der Waals surface area contributed by atoms with Gasteiger partial charge in [-0.3, -0.25) is 4.90 Å². The van der Waals surface area contributed by atoms with E-state index in [0.29, 0.717) is 29.0 Å². The van der Waals surface area contributed by atoms with E-state index in [1.807, 2.05) is 0 Å². The van der Waals surface area contributed by atoms with E-state index in [2.05, 4.69) is 60.1 Å². The first-order valence-corrected chi connectivity index (χ1v) is 8.89. The number of rotatable bonds is 3. The van der Waals surface area contributed by atoms with Crippen molar-refractivity contribution < 1.29 is 4.74 Å². The summed E-state index contributed by atoms with van der Waals surface area (Å²) in [5.74, 6) is 1.05. The van der Waals surface area contributed by atoms with Crippen LogP contribution in [0.1, 0.15) is 5.56 Å². The molecule has 2 saturated heterocycles. The van der Waals surface area contributed by atoms with Crippen molar-refractivity contribution in [1.82, 2.24) is 24.8 Å². The SMILES string of the molecule is Nc1nc(N2C[C@@H]3OCCN(Cc4ccccc4)[C@@H]3C2)nc2nc[nH]c12. The zero-order valence-electron chi connectivity index (χ0n) is 14.4. The summed E-state index contributed by atoms with van der Waals surface area (Å²) in [6, 6.07) is 10.9. The number of nitrogen functional groups attached to an aromatic ring is 1. The van der Waals surface area contributed by atoms with Gasteiger partial charge in [0.15, 0.2) is 11.5 Å². The van der Waals surface area contributed by atoms with Crippen LogP contribution in [0.3, 0.4) is 0 Å². The van der Waals surface area contributed by atoms with Crippen molar-refractivity contribution in [2.24, 2.45) is 0 Å². The Bertz CT molecular complexity index is 912. The molecule has 1 aromatic carbocycles. The minimum absolute atomic E-state index is 0.159. The Labute approximate surface area is 151 Å². The predicted octanol–water partition coefficient (Wildman–Crippen LogP) is 1.02. The molecule has 26 heavy (non-hydrogen) atoms. The Balaban J connectivity index is 1.38. The maximum absolute atomic E-state index is 6.05. The summed E-state index contributed by atoms with van der Waals surface area (Å²) in [6.45, 7) is 4.22. The van der Waals surface area contributed by atoms with E-state index in [1.165, 1.54) is 5.56 Å². The van der Waals surface area contributed by atoms with Gasteiger partial charge in [-0.1, -0.05) is 30.3 Å². The molecule has 0 saturated carbocycles. The number of ether oxygens (including phenoxy) is 1. The molecule has 2 fully saturated rings. The maximum atomic E-state index is 6.05. The second kappa shape index (κ2) is 6.22. The van der Waals surface area contributed by atoms with E-state index >= 15 is 0 Å². The smallest absolute Gasteiger partial charge is 0.229 e. The quantitative estimate of drug-likeness (QED) is 0.727. The van der Waals surface area contributed by atoms with Crippen LogP contribution in [0.15, 0.2) is 36.7 Å². The van der Waals surface area contributed by atoms with Crippen LogP contribution in [-0.2, 0) is 11.3 Å². The lowest BCUT2D eigenvalue weighted by atomic mass is 10.1. The van der Waals surface area contributed by atoms with Gasteiger partial charge < -0.3 is 20.4 Å². The molecule has 2 atom stereocenters. The molecule has 5 rings (SSSR count). The lowest BCUT2D eigenvalue weighted by Gasteiger charge is -2.36. The van der Waals surface area contributed by atoms with Crippen molar-refractivity contribution in [3.63, 3.8) is 0 Å². The van der Waals surface area contributed by atoms with Gasteiger partial charge in [-0.2, -0.15) is 9.97 Å². The van der Waals surface area contributed by atoms with Gasteiger partial charge in [-0.25, -0.2) is 4.98 Å². The number of nitrogens with two attached hydrogens (primary N) is 1. The number of nitrogens with one attached hydrogen (secondary N) is 1. The molecule has 134 valence electrons. The molecule has 0 spiro atoms. The highest BCUT2D eigenvalue weighted by atomic mass is 16.5. The molecule has 0 aliphatic carbocycles. The number of morpholine rings is 1. The molecule has 2 aliphatic rings. The first-order valence-electron chi connectivity index (χ1n) is 8.89. The van der Waals surface area contributed by atoms with Gasteiger partial charge in [-0.15, -0.1) is 0 Å². The average molecular weight is 351 g/mol. The fourth-order valence-corrected chi connectivity index (χ4v) is 3.92. The van der Waals surface area contributed by atoms with Gasteiger partial charge in [0, 0.05) is 26.2 Å². The summed E-state index contributed by atoms with van der Waals surface area (Å²) >= 11 is 0. The largest absolute Gasteiger partial charge is 0.382 e. The first-order chi connectivity index (χ1) is 12.8. The fraction of sp³-hybridized carbons (Fsp3) is 0.389. The highest BCUT2D eigenvalue weighted by Gasteiger charge is 2.41. The van der Waals surface area contributed by atoms with E-state index in [1.54, 1.807) is 6.33 Å². The molecule has 3 aromatic rings. The molecule has 0 amide bonds. The van der Waals surface area contributed by atoms with E-state index in [9.17, 15) is 0 Å². The number of hydrogen-bond donors (Lipinski definition) is 2. The van der Waals surface area contributed by atoms with E-state index in [4.69, 9.17) is 10.5 Å². The van der Waals surface area contributed by atoms with E-state index in [-0.39, 0.29) is 6.10 Å². The molecule has 0 unspecified atom stereocenters. The topological polar surface area (TPSA) is 96.2 Å². The zero-order chi connectivity index (χ0) is 17.5. The number of imidazole rings is 1. The molecule has 8 heteroatoms. The number of nitrogens with zero attached hydrogens (tertiary/aromatic N) is 5. The van der Waals surface area contributed by atoms with Crippen molar-refractivity contribution in [1.29, 1.82) is 0 Å². The Hall–Kier alpha value is -2.71. The molecule has 2 aromatic heterocycles. The van der Waals surface area contributed by atoms with Crippen LogP contribution >= 0.6 is 0 Å². The van der Waals surface area contributed by atoms with Crippen LogP contribution in [0.4, 0.5) is 11.8 Å². The molecule has 2 aliphatic heterocycles. The summed E-state index contributed by atoms with van der Waals surface area (Å²) in [5, 5.41) is 0. The van der Waals surface area contributed by atoms with Crippen molar-refractivity contribution in [3.05, 3.63) is 42.2 Å². The van der Waals surface area contributed by atoms with Gasteiger partial charge in [0.1, 0.15) is 5.52 Å². The van der Waals surface area contributed by atoms with Crippen LogP contribution in [0, 0.1) is 0 Å². The normalized spacial score (nSPS) is 23.5. The number of hydrogen-bond acceptors (Lipinski definition) is 7. The van der Waals surface area contributed by atoms with Gasteiger partial charge in [0.25, 0.3) is 0 Å². The summed E-state index contributed by atoms with van der Waals surface area (Å²) in [4.78, 5) is 20.9. The Morgan fingerprint density at radius 2 is 2.08 bits per heavy atom. The van der Waals surface area contributed by atoms with Crippen molar-refractivity contribution in [3.8, 4) is 0 Å². The highest BCUT2D eigenvalue weighted by molar-refractivity contribution is 5.82. The number of aromatic nitrogens is 4. The van der Waals surface area contributed by atoms with Crippen molar-refractivity contribution >= 4 is 22.9 Å². The second-order valence-corrected chi connectivity index (χ2v) is 6.85. The maximum Gasteiger partial charge on any atom is 0.229 e. The van der Waals surface area contributed by atoms with Gasteiger partial charge in [0.05, 0.1) is 25.1 Å². The predicted molar refractivity (Wildman–Crippen MR) is 98.7 cm³/mol. The van der Waals surface area contributed by atoms with Crippen LogP contribution in [0.5, 0.6) is 0 Å². The van der Waals surface area contributed by atoms with Gasteiger partial charge >= 0.3 is 0 Å². The summed E-state index contributed by atoms with van der Waals surface area (Å²) in [6.07, 6.45) is 1.75. The third kappa shape index (κ3) is 2.67. The molecular weight excluding hydrogens is 330 g/mol. The minimum Gasteiger partial charge on any atom is -0.382 e. The monoisotopic (exact) mass is 351 g/mol. The molecule has 8 nitrogen and oxygen atoms in total. The Morgan fingerprint density at radius 3 is 2.96 bits per heavy atom. The highest BCUT2D eigenvalue weighted by Crippen LogP contribution is 2.28. The lowest BCUT2D eigenvalue weighted by Crippen LogP contribution is -2.50. The fourth-order valence-electron chi connectivity index (χ4n) is 3.92. The summed E-state index contributed by atoms with van der Waals surface area (Å²) in [5.41, 5.74) is 8.67. The van der Waals surface area contributed by atoms with Crippen molar-refractivity contribution in [2.75, 3.05) is 36.9 Å². The summed E-state index contributed by atoms with van der Waals surface area (Å²) in [7, 11) is 0. The third-order valence-corrected chi connectivity index (χ3v) is 5.23. The van der Waals surface area contributed by atoms with Crippen molar-refractivity contribution in [2.45, 2.75) is 18.7 Å². The number of anilines is 2. The average Bonchev–Trinajstić information content (AvgIpc) is 3.30. The Kier molecular flexibility index (Phi) is 3.72. The molecule has 0 bridgehead atoms. The van der Waals surface area contributed by atoms with E-state index in [0.717, 1.165) is 32.8 Å². The molecule has 4 heterocycles. The number of benzene rings is 1.